The van der Waals surface area contributed by atoms with Crippen molar-refractivity contribution in [3.05, 3.63) is 0 Å². The lowest BCUT2D eigenvalue weighted by atomic mass is 10.1. The summed E-state index contributed by atoms with van der Waals surface area (Å²) in [5.74, 6) is 0.257. The van der Waals surface area contributed by atoms with Crippen LogP contribution in [-0.4, -0.2) is 49.7 Å². The van der Waals surface area contributed by atoms with Crippen LogP contribution in [0.15, 0.2) is 0 Å². The normalized spacial score (nSPS) is 25.1. The number of carbonyl (C=O) groups is 1. The van der Waals surface area contributed by atoms with Gasteiger partial charge in [0.05, 0.1) is 18.8 Å². The molecule has 96 valence electrons. The highest BCUT2D eigenvalue weighted by atomic mass is 35.5. The van der Waals surface area contributed by atoms with Crippen molar-refractivity contribution in [2.75, 3.05) is 26.7 Å². The van der Waals surface area contributed by atoms with E-state index in [0.717, 1.165) is 19.5 Å². The number of hydrogen-bond donors (Lipinski definition) is 1. The fourth-order valence-electron chi connectivity index (χ4n) is 1.81. The summed E-state index contributed by atoms with van der Waals surface area (Å²) in [5, 5.41) is 3.05. The monoisotopic (exact) mass is 250 g/mol. The molecule has 16 heavy (non-hydrogen) atoms. The molecule has 5 heteroatoms. The van der Waals surface area contributed by atoms with E-state index in [0.29, 0.717) is 13.0 Å². The zero-order valence-electron chi connectivity index (χ0n) is 10.4. The van der Waals surface area contributed by atoms with Gasteiger partial charge in [-0.15, -0.1) is 12.4 Å². The maximum absolute atomic E-state index is 11.9. The SMILES string of the molecule is CNCCCC(=O)N1CC(C)OCC1C.Cl. The Bertz CT molecular complexity index is 214. The average molecular weight is 251 g/mol. The van der Waals surface area contributed by atoms with E-state index in [1.54, 1.807) is 0 Å². The van der Waals surface area contributed by atoms with E-state index in [1.807, 2.05) is 25.8 Å². The van der Waals surface area contributed by atoms with Crippen LogP contribution in [0.4, 0.5) is 0 Å². The molecule has 2 atom stereocenters. The van der Waals surface area contributed by atoms with E-state index < -0.39 is 0 Å². The molecule has 0 aromatic rings. The molecule has 1 fully saturated rings. The van der Waals surface area contributed by atoms with Crippen LogP contribution in [0.25, 0.3) is 0 Å². The minimum absolute atomic E-state index is 0. The molecular weight excluding hydrogens is 228 g/mol. The molecule has 0 spiro atoms. The van der Waals surface area contributed by atoms with E-state index in [4.69, 9.17) is 4.74 Å². The van der Waals surface area contributed by atoms with Crippen LogP contribution in [0.2, 0.25) is 0 Å². The van der Waals surface area contributed by atoms with Gasteiger partial charge in [-0.25, -0.2) is 0 Å². The summed E-state index contributed by atoms with van der Waals surface area (Å²) >= 11 is 0. The van der Waals surface area contributed by atoms with Gasteiger partial charge in [0.15, 0.2) is 0 Å². The van der Waals surface area contributed by atoms with Crippen molar-refractivity contribution in [2.24, 2.45) is 0 Å². The van der Waals surface area contributed by atoms with Crippen LogP contribution in [0.5, 0.6) is 0 Å². The summed E-state index contributed by atoms with van der Waals surface area (Å²) in [6, 6.07) is 0.225. The number of carbonyl (C=O) groups excluding carboxylic acids is 1. The quantitative estimate of drug-likeness (QED) is 0.759. The Kier molecular flexibility index (Phi) is 7.72. The molecule has 1 rings (SSSR count). The smallest absolute Gasteiger partial charge is 0.223 e. The lowest BCUT2D eigenvalue weighted by Crippen LogP contribution is -2.50. The van der Waals surface area contributed by atoms with Crippen LogP contribution in [-0.2, 0) is 9.53 Å². The van der Waals surface area contributed by atoms with Crippen molar-refractivity contribution in [1.82, 2.24) is 10.2 Å². The van der Waals surface area contributed by atoms with Gasteiger partial charge in [-0.3, -0.25) is 4.79 Å². The van der Waals surface area contributed by atoms with Crippen LogP contribution >= 0.6 is 12.4 Å². The third-order valence-electron chi connectivity index (χ3n) is 2.75. The predicted molar refractivity (Wildman–Crippen MR) is 67.0 cm³/mol. The zero-order valence-corrected chi connectivity index (χ0v) is 11.2. The topological polar surface area (TPSA) is 41.6 Å². The number of halogens is 1. The summed E-state index contributed by atoms with van der Waals surface area (Å²) in [4.78, 5) is 13.8. The molecule has 4 nitrogen and oxygen atoms in total. The number of morpholine rings is 1. The molecule has 1 amide bonds. The molecule has 0 radical (unpaired) electrons. The van der Waals surface area contributed by atoms with Gasteiger partial charge < -0.3 is 15.0 Å². The highest BCUT2D eigenvalue weighted by Gasteiger charge is 2.26. The zero-order chi connectivity index (χ0) is 11.3. The van der Waals surface area contributed by atoms with Gasteiger partial charge in [-0.1, -0.05) is 0 Å². The van der Waals surface area contributed by atoms with Crippen LogP contribution in [0, 0.1) is 0 Å². The third kappa shape index (κ3) is 4.68. The minimum Gasteiger partial charge on any atom is -0.375 e. The molecule has 0 aromatic heterocycles. The molecule has 0 bridgehead atoms. The summed E-state index contributed by atoms with van der Waals surface area (Å²) < 4.78 is 5.49. The second kappa shape index (κ2) is 7.87. The number of amides is 1. The van der Waals surface area contributed by atoms with Gasteiger partial charge in [-0.05, 0) is 33.9 Å². The number of hydrogen-bond acceptors (Lipinski definition) is 3. The lowest BCUT2D eigenvalue weighted by Gasteiger charge is -2.36. The first-order valence-corrected chi connectivity index (χ1v) is 5.70. The number of rotatable bonds is 4. The van der Waals surface area contributed by atoms with Gasteiger partial charge in [-0.2, -0.15) is 0 Å². The van der Waals surface area contributed by atoms with E-state index in [2.05, 4.69) is 5.32 Å². The lowest BCUT2D eigenvalue weighted by molar-refractivity contribution is -0.143. The molecular formula is C11H23ClN2O2. The molecule has 0 saturated carbocycles. The van der Waals surface area contributed by atoms with Crippen molar-refractivity contribution in [3.63, 3.8) is 0 Å². The van der Waals surface area contributed by atoms with Gasteiger partial charge in [0, 0.05) is 13.0 Å². The Labute approximate surface area is 104 Å². The van der Waals surface area contributed by atoms with Crippen molar-refractivity contribution >= 4 is 18.3 Å². The van der Waals surface area contributed by atoms with Crippen LogP contribution in [0.1, 0.15) is 26.7 Å². The summed E-state index contributed by atoms with van der Waals surface area (Å²) in [6.07, 6.45) is 1.72. The molecule has 2 unspecified atom stereocenters. The highest BCUT2D eigenvalue weighted by Crippen LogP contribution is 2.13. The molecule has 0 aliphatic carbocycles. The van der Waals surface area contributed by atoms with Gasteiger partial charge in [0.2, 0.25) is 5.91 Å². The Balaban J connectivity index is 0.00000225. The minimum atomic E-state index is 0. The Morgan fingerprint density at radius 2 is 2.19 bits per heavy atom. The molecule has 1 aliphatic heterocycles. The van der Waals surface area contributed by atoms with Crippen LogP contribution < -0.4 is 5.32 Å². The third-order valence-corrected chi connectivity index (χ3v) is 2.75. The van der Waals surface area contributed by atoms with E-state index in [-0.39, 0.29) is 30.5 Å². The first-order chi connectivity index (χ1) is 7.15. The largest absolute Gasteiger partial charge is 0.375 e. The van der Waals surface area contributed by atoms with Crippen molar-refractivity contribution < 1.29 is 9.53 Å². The van der Waals surface area contributed by atoms with E-state index >= 15 is 0 Å². The van der Waals surface area contributed by atoms with Gasteiger partial charge in [0.25, 0.3) is 0 Å². The maximum Gasteiger partial charge on any atom is 0.223 e. The van der Waals surface area contributed by atoms with Crippen molar-refractivity contribution in [2.45, 2.75) is 38.8 Å². The second-order valence-electron chi connectivity index (χ2n) is 4.25. The fourth-order valence-corrected chi connectivity index (χ4v) is 1.81. The summed E-state index contributed by atoms with van der Waals surface area (Å²) in [7, 11) is 1.91. The second-order valence-corrected chi connectivity index (χ2v) is 4.25. The predicted octanol–water partition coefficient (Wildman–Crippen LogP) is 1.04. The number of ether oxygens (including phenoxy) is 1. The molecule has 1 aliphatic rings. The van der Waals surface area contributed by atoms with Crippen LogP contribution in [0.3, 0.4) is 0 Å². The number of nitrogens with one attached hydrogen (secondary N) is 1. The van der Waals surface area contributed by atoms with Gasteiger partial charge >= 0.3 is 0 Å². The maximum atomic E-state index is 11.9. The molecule has 1 heterocycles. The Morgan fingerprint density at radius 3 is 2.81 bits per heavy atom. The Morgan fingerprint density at radius 1 is 1.50 bits per heavy atom. The first-order valence-electron chi connectivity index (χ1n) is 5.70. The fraction of sp³-hybridized carbons (Fsp3) is 0.909. The van der Waals surface area contributed by atoms with E-state index in [1.165, 1.54) is 0 Å². The van der Waals surface area contributed by atoms with E-state index in [9.17, 15) is 4.79 Å². The van der Waals surface area contributed by atoms with Crippen molar-refractivity contribution in [1.29, 1.82) is 0 Å². The summed E-state index contributed by atoms with van der Waals surface area (Å²) in [5.41, 5.74) is 0. The summed E-state index contributed by atoms with van der Waals surface area (Å²) in [6.45, 7) is 6.36. The molecule has 0 aromatic carbocycles. The first kappa shape index (κ1) is 15.7. The number of nitrogens with zero attached hydrogens (tertiary/aromatic N) is 1. The van der Waals surface area contributed by atoms with Gasteiger partial charge in [0.1, 0.15) is 0 Å². The average Bonchev–Trinajstić information content (AvgIpc) is 2.22. The molecule has 1 N–H and O–H groups in total. The Hall–Kier alpha value is -0.320. The molecule has 1 saturated heterocycles. The van der Waals surface area contributed by atoms with Crippen molar-refractivity contribution in [3.8, 4) is 0 Å². The standard InChI is InChI=1S/C11H22N2O2.ClH/c1-9-8-15-10(2)7-13(9)11(14)5-4-6-12-3;/h9-10,12H,4-8H2,1-3H3;1H. The highest BCUT2D eigenvalue weighted by molar-refractivity contribution is 5.85.